The minimum atomic E-state index is -1.68. The van der Waals surface area contributed by atoms with Crippen molar-refractivity contribution < 1.29 is 29.3 Å². The molecule has 138 valence electrons. The molecule has 0 saturated heterocycles. The van der Waals surface area contributed by atoms with Gasteiger partial charge in [-0.3, -0.25) is 14.4 Å². The highest BCUT2D eigenvalue weighted by Gasteiger charge is 2.33. The molecule has 0 radical (unpaired) electrons. The largest absolute Gasteiger partial charge is 0.481 e. The van der Waals surface area contributed by atoms with E-state index in [2.05, 4.69) is 0 Å². The lowest BCUT2D eigenvalue weighted by Crippen LogP contribution is -2.38. The Kier molecular flexibility index (Phi) is 8.17. The molecule has 1 unspecified atom stereocenters. The molecular weight excluding hydrogens is 352 g/mol. The van der Waals surface area contributed by atoms with E-state index in [9.17, 15) is 19.5 Å². The van der Waals surface area contributed by atoms with Crippen molar-refractivity contribution in [2.24, 2.45) is 11.7 Å². The normalized spacial score (nSPS) is 12.9. The number of anilines is 1. The molecule has 0 aliphatic heterocycles. The average molecular weight is 373 g/mol. The van der Waals surface area contributed by atoms with E-state index >= 15 is 0 Å². The van der Waals surface area contributed by atoms with Crippen LogP contribution in [0.4, 0.5) is 5.69 Å². The molecule has 0 heterocycles. The van der Waals surface area contributed by atoms with E-state index < -0.39 is 36.3 Å². The van der Waals surface area contributed by atoms with Crippen molar-refractivity contribution in [1.29, 1.82) is 0 Å². The molecule has 9 heteroatoms. The number of hydrogen-bond acceptors (Lipinski definition) is 6. The van der Waals surface area contributed by atoms with E-state index in [-0.39, 0.29) is 5.75 Å². The summed E-state index contributed by atoms with van der Waals surface area (Å²) < 4.78 is 5.23. The van der Waals surface area contributed by atoms with Crippen LogP contribution in [0, 0.1) is 5.92 Å². The smallest absolute Gasteiger partial charge is 0.325 e. The zero-order chi connectivity index (χ0) is 19.0. The summed E-state index contributed by atoms with van der Waals surface area (Å²) >= 11 is 5.77. The van der Waals surface area contributed by atoms with E-state index in [4.69, 9.17) is 27.2 Å². The molecule has 0 fully saturated rings. The molecule has 25 heavy (non-hydrogen) atoms. The van der Waals surface area contributed by atoms with E-state index in [0.29, 0.717) is 24.7 Å². The summed E-state index contributed by atoms with van der Waals surface area (Å²) in [7, 11) is 0. The molecule has 2 atom stereocenters. The number of aliphatic carboxylic acids is 2. The number of esters is 1. The topological polar surface area (TPSA) is 130 Å². The van der Waals surface area contributed by atoms with E-state index in [1.165, 1.54) is 6.07 Å². The summed E-state index contributed by atoms with van der Waals surface area (Å²) in [6.45, 7) is 3.02. The Balaban J connectivity index is 3.01. The van der Waals surface area contributed by atoms with Crippen LogP contribution in [0.15, 0.2) is 24.3 Å². The fourth-order valence-corrected chi connectivity index (χ4v) is 2.39. The molecular formula is C16H21ClN2O6. The molecule has 0 amide bonds. The molecule has 0 spiro atoms. The lowest BCUT2D eigenvalue weighted by atomic mass is 10.0. The van der Waals surface area contributed by atoms with Crippen molar-refractivity contribution in [3.05, 3.63) is 24.3 Å². The van der Waals surface area contributed by atoms with Gasteiger partial charge in [0.1, 0.15) is 6.04 Å². The summed E-state index contributed by atoms with van der Waals surface area (Å²) in [5.74, 6) is -5.09. The van der Waals surface area contributed by atoms with Crippen LogP contribution in [0.2, 0.25) is 0 Å². The highest BCUT2D eigenvalue weighted by Crippen LogP contribution is 2.29. The Hall–Kier alpha value is -2.32. The molecule has 0 aliphatic carbocycles. The summed E-state index contributed by atoms with van der Waals surface area (Å²) in [5, 5.41) is 18.0. The van der Waals surface area contributed by atoms with E-state index in [1.54, 1.807) is 18.2 Å². The van der Waals surface area contributed by atoms with Gasteiger partial charge in [-0.1, -0.05) is 12.1 Å². The third-order valence-electron chi connectivity index (χ3n) is 3.54. The van der Waals surface area contributed by atoms with E-state index in [0.717, 1.165) is 0 Å². The monoisotopic (exact) mass is 372 g/mol. The van der Waals surface area contributed by atoms with Gasteiger partial charge in [0.05, 0.1) is 5.69 Å². The van der Waals surface area contributed by atoms with Gasteiger partial charge < -0.3 is 25.6 Å². The van der Waals surface area contributed by atoms with Crippen LogP contribution in [-0.2, 0) is 14.4 Å². The quantitative estimate of drug-likeness (QED) is 0.241. The van der Waals surface area contributed by atoms with Crippen LogP contribution >= 0.6 is 11.6 Å². The molecule has 0 aromatic heterocycles. The SMILES string of the molecule is CCN(CCCl)c1ccccc1OC(=O)C(C[C@H](N)C(=O)O)C(=O)O. The van der Waals surface area contributed by atoms with Gasteiger partial charge in [0.2, 0.25) is 0 Å². The Bertz CT molecular complexity index is 624. The summed E-state index contributed by atoms with van der Waals surface area (Å²) in [6, 6.07) is 5.16. The van der Waals surface area contributed by atoms with Gasteiger partial charge in [0.25, 0.3) is 0 Å². The molecule has 1 aromatic carbocycles. The molecule has 0 aliphatic rings. The lowest BCUT2D eigenvalue weighted by Gasteiger charge is -2.24. The highest BCUT2D eigenvalue weighted by atomic mass is 35.5. The van der Waals surface area contributed by atoms with Gasteiger partial charge in [-0.25, -0.2) is 0 Å². The predicted octanol–water partition coefficient (Wildman–Crippen LogP) is 1.16. The first-order valence-corrected chi connectivity index (χ1v) is 8.18. The number of carboxylic acids is 2. The maximum absolute atomic E-state index is 12.2. The Morgan fingerprint density at radius 2 is 1.88 bits per heavy atom. The number of carboxylic acid groups (broad SMARTS) is 2. The highest BCUT2D eigenvalue weighted by molar-refractivity contribution is 6.18. The molecule has 1 aromatic rings. The lowest BCUT2D eigenvalue weighted by molar-refractivity contribution is -0.153. The van der Waals surface area contributed by atoms with E-state index in [1.807, 2.05) is 11.8 Å². The van der Waals surface area contributed by atoms with Crippen molar-refractivity contribution in [3.63, 3.8) is 0 Å². The minimum Gasteiger partial charge on any atom is -0.481 e. The maximum atomic E-state index is 12.2. The fraction of sp³-hybridized carbons (Fsp3) is 0.438. The molecule has 8 nitrogen and oxygen atoms in total. The number of benzene rings is 1. The van der Waals surface area contributed by atoms with Crippen LogP contribution in [0.5, 0.6) is 5.75 Å². The van der Waals surface area contributed by atoms with Gasteiger partial charge in [0, 0.05) is 19.0 Å². The number of ether oxygens (including phenoxy) is 1. The first kappa shape index (κ1) is 20.7. The van der Waals surface area contributed by atoms with Crippen LogP contribution in [-0.4, -0.2) is 53.1 Å². The Morgan fingerprint density at radius 1 is 1.24 bits per heavy atom. The minimum absolute atomic E-state index is 0.176. The van der Waals surface area contributed by atoms with Gasteiger partial charge in [-0.2, -0.15) is 0 Å². The summed E-state index contributed by atoms with van der Waals surface area (Å²) in [5.41, 5.74) is 5.92. The molecule has 0 bridgehead atoms. The molecule has 1 rings (SSSR count). The number of carbonyl (C=O) groups is 3. The van der Waals surface area contributed by atoms with Crippen LogP contribution in [0.3, 0.4) is 0 Å². The number of nitrogens with two attached hydrogens (primary N) is 1. The molecule has 0 saturated carbocycles. The summed E-state index contributed by atoms with van der Waals surface area (Å²) in [6.07, 6.45) is -0.565. The second-order valence-electron chi connectivity index (χ2n) is 5.23. The van der Waals surface area contributed by atoms with Crippen molar-refractivity contribution in [2.75, 3.05) is 23.9 Å². The van der Waals surface area contributed by atoms with Gasteiger partial charge in [-0.15, -0.1) is 11.6 Å². The second-order valence-corrected chi connectivity index (χ2v) is 5.61. The number of nitrogens with zero attached hydrogens (tertiary/aromatic N) is 1. The second kappa shape index (κ2) is 9.85. The van der Waals surface area contributed by atoms with Crippen molar-refractivity contribution >= 4 is 35.2 Å². The summed E-state index contributed by atoms with van der Waals surface area (Å²) in [4.78, 5) is 36.2. The number of para-hydroxylation sites is 2. The Morgan fingerprint density at radius 3 is 2.40 bits per heavy atom. The number of hydrogen-bond donors (Lipinski definition) is 3. The maximum Gasteiger partial charge on any atom is 0.325 e. The first-order valence-electron chi connectivity index (χ1n) is 7.64. The van der Waals surface area contributed by atoms with Crippen LogP contribution in [0.1, 0.15) is 13.3 Å². The third kappa shape index (κ3) is 5.91. The molecule has 4 N–H and O–H groups in total. The van der Waals surface area contributed by atoms with Crippen molar-refractivity contribution in [1.82, 2.24) is 0 Å². The van der Waals surface area contributed by atoms with Crippen LogP contribution in [0.25, 0.3) is 0 Å². The predicted molar refractivity (Wildman–Crippen MR) is 92.0 cm³/mol. The number of alkyl halides is 1. The fourth-order valence-electron chi connectivity index (χ4n) is 2.19. The van der Waals surface area contributed by atoms with Crippen LogP contribution < -0.4 is 15.4 Å². The first-order chi connectivity index (χ1) is 11.8. The van der Waals surface area contributed by atoms with Crippen molar-refractivity contribution in [3.8, 4) is 5.75 Å². The van der Waals surface area contributed by atoms with Crippen molar-refractivity contribution in [2.45, 2.75) is 19.4 Å². The Labute approximate surface area is 150 Å². The van der Waals surface area contributed by atoms with Gasteiger partial charge in [0.15, 0.2) is 11.7 Å². The zero-order valence-corrected chi connectivity index (χ0v) is 14.5. The zero-order valence-electron chi connectivity index (χ0n) is 13.7. The number of halogens is 1. The number of carbonyl (C=O) groups excluding carboxylic acids is 1. The van der Waals surface area contributed by atoms with Gasteiger partial charge in [-0.05, 0) is 25.5 Å². The van der Waals surface area contributed by atoms with Gasteiger partial charge >= 0.3 is 17.9 Å². The standard InChI is InChI=1S/C16H21ClN2O6/c1-2-19(8-7-17)12-5-3-4-6-13(12)25-16(24)10(14(20)21)9-11(18)15(22)23/h3-6,10-11H,2,7-9,18H2,1H3,(H,20,21)(H,22,23)/t10?,11-/m0/s1. The third-order valence-corrected chi connectivity index (χ3v) is 3.71. The average Bonchev–Trinajstić information content (AvgIpc) is 2.57. The number of rotatable bonds is 10.